The van der Waals surface area contributed by atoms with E-state index >= 15 is 0 Å². The summed E-state index contributed by atoms with van der Waals surface area (Å²) in [6, 6.07) is 0. The van der Waals surface area contributed by atoms with E-state index in [-0.39, 0.29) is 6.17 Å². The zero-order valence-electron chi connectivity index (χ0n) is 10.3. The number of nitrogens with zero attached hydrogens (tertiary/aromatic N) is 2. The molecule has 5 nitrogen and oxygen atoms in total. The lowest BCUT2D eigenvalue weighted by atomic mass is 10.2. The highest BCUT2D eigenvalue weighted by atomic mass is 15.4. The third-order valence-electron chi connectivity index (χ3n) is 3.12. The highest BCUT2D eigenvalue weighted by molar-refractivity contribution is 6.01. The van der Waals surface area contributed by atoms with Crippen LogP contribution >= 0.6 is 0 Å². The Morgan fingerprint density at radius 1 is 1.59 bits per heavy atom. The lowest BCUT2D eigenvalue weighted by Crippen LogP contribution is -2.36. The first-order valence-electron chi connectivity index (χ1n) is 6.19. The van der Waals surface area contributed by atoms with E-state index in [2.05, 4.69) is 28.2 Å². The van der Waals surface area contributed by atoms with Crippen LogP contribution in [0.15, 0.2) is 28.7 Å². The van der Waals surface area contributed by atoms with Crippen LogP contribution in [-0.4, -0.2) is 30.0 Å². The van der Waals surface area contributed by atoms with Crippen LogP contribution < -0.4 is 16.8 Å². The van der Waals surface area contributed by atoms with Crippen molar-refractivity contribution in [3.63, 3.8) is 0 Å². The molecule has 0 aliphatic carbocycles. The molecular weight excluding hydrogens is 214 g/mol. The van der Waals surface area contributed by atoms with Crippen LogP contribution in [0.3, 0.4) is 0 Å². The Balaban J connectivity index is 2.27. The maximum Gasteiger partial charge on any atom is 0.155 e. The SMILES string of the molecule is CC1NC2=C(N)CCC=CN=C2N1CCCN. The number of hydrogen-bond acceptors (Lipinski definition) is 5. The summed E-state index contributed by atoms with van der Waals surface area (Å²) in [5, 5.41) is 3.41. The van der Waals surface area contributed by atoms with Gasteiger partial charge in [0.05, 0.1) is 11.9 Å². The number of fused-ring (bicyclic) bond motifs is 1. The number of nitrogens with one attached hydrogen (secondary N) is 1. The maximum absolute atomic E-state index is 6.09. The van der Waals surface area contributed by atoms with Gasteiger partial charge in [0.25, 0.3) is 0 Å². The van der Waals surface area contributed by atoms with Gasteiger partial charge in [-0.25, -0.2) is 4.99 Å². The molecule has 2 aliphatic heterocycles. The van der Waals surface area contributed by atoms with Crippen LogP contribution in [0.5, 0.6) is 0 Å². The molecule has 0 spiro atoms. The molecular formula is C12H21N5. The van der Waals surface area contributed by atoms with Gasteiger partial charge < -0.3 is 21.7 Å². The van der Waals surface area contributed by atoms with E-state index in [4.69, 9.17) is 11.5 Å². The fraction of sp³-hybridized carbons (Fsp3) is 0.583. The summed E-state index contributed by atoms with van der Waals surface area (Å²) in [5.74, 6) is 0.958. The van der Waals surface area contributed by atoms with E-state index < -0.39 is 0 Å². The average molecular weight is 235 g/mol. The van der Waals surface area contributed by atoms with Gasteiger partial charge in [-0.2, -0.15) is 0 Å². The Morgan fingerprint density at radius 2 is 2.41 bits per heavy atom. The minimum Gasteiger partial charge on any atom is -0.400 e. The van der Waals surface area contributed by atoms with Gasteiger partial charge >= 0.3 is 0 Å². The first-order valence-corrected chi connectivity index (χ1v) is 6.19. The van der Waals surface area contributed by atoms with Crippen LogP contribution in [0, 0.1) is 0 Å². The molecule has 17 heavy (non-hydrogen) atoms. The maximum atomic E-state index is 6.09. The summed E-state index contributed by atoms with van der Waals surface area (Å²) < 4.78 is 0. The summed E-state index contributed by atoms with van der Waals surface area (Å²) in [6.07, 6.45) is 6.96. The highest BCUT2D eigenvalue weighted by Crippen LogP contribution is 2.20. The monoisotopic (exact) mass is 235 g/mol. The van der Waals surface area contributed by atoms with Crippen molar-refractivity contribution >= 4 is 5.84 Å². The van der Waals surface area contributed by atoms with E-state index in [1.165, 1.54) is 0 Å². The molecule has 1 atom stereocenters. The molecule has 5 heteroatoms. The van der Waals surface area contributed by atoms with Gasteiger partial charge in [-0.15, -0.1) is 0 Å². The number of amidine groups is 1. The van der Waals surface area contributed by atoms with Crippen molar-refractivity contribution in [3.05, 3.63) is 23.7 Å². The van der Waals surface area contributed by atoms with Crippen LogP contribution in [-0.2, 0) is 0 Å². The van der Waals surface area contributed by atoms with Crippen LogP contribution in [0.2, 0.25) is 0 Å². The first kappa shape index (κ1) is 12.0. The van der Waals surface area contributed by atoms with Crippen molar-refractivity contribution < 1.29 is 0 Å². The Labute approximate surface area is 102 Å². The van der Waals surface area contributed by atoms with Crippen molar-refractivity contribution in [1.29, 1.82) is 0 Å². The predicted molar refractivity (Wildman–Crippen MR) is 70.0 cm³/mol. The third-order valence-corrected chi connectivity index (χ3v) is 3.12. The van der Waals surface area contributed by atoms with Crippen molar-refractivity contribution in [3.8, 4) is 0 Å². The van der Waals surface area contributed by atoms with Crippen LogP contribution in [0.1, 0.15) is 26.2 Å². The zero-order chi connectivity index (χ0) is 12.3. The molecule has 0 radical (unpaired) electrons. The molecule has 0 aromatic rings. The Kier molecular flexibility index (Phi) is 3.68. The molecule has 94 valence electrons. The molecule has 1 saturated heterocycles. The largest absolute Gasteiger partial charge is 0.400 e. The average Bonchev–Trinajstić information content (AvgIpc) is 2.60. The van der Waals surface area contributed by atoms with E-state index in [0.717, 1.165) is 43.0 Å². The number of hydrogen-bond donors (Lipinski definition) is 3. The van der Waals surface area contributed by atoms with E-state index in [1.54, 1.807) is 0 Å². The lowest BCUT2D eigenvalue weighted by Gasteiger charge is -2.22. The molecule has 2 heterocycles. The minimum atomic E-state index is 0.236. The van der Waals surface area contributed by atoms with Crippen LogP contribution in [0.25, 0.3) is 0 Å². The van der Waals surface area contributed by atoms with Gasteiger partial charge in [-0.3, -0.25) is 0 Å². The van der Waals surface area contributed by atoms with Gasteiger partial charge in [0.1, 0.15) is 0 Å². The van der Waals surface area contributed by atoms with E-state index in [9.17, 15) is 0 Å². The second kappa shape index (κ2) is 5.23. The van der Waals surface area contributed by atoms with E-state index in [0.29, 0.717) is 6.54 Å². The number of allylic oxidation sites excluding steroid dienone is 2. The van der Waals surface area contributed by atoms with Crippen molar-refractivity contribution in [2.75, 3.05) is 13.1 Å². The molecule has 0 amide bonds. The Hall–Kier alpha value is -1.49. The fourth-order valence-electron chi connectivity index (χ4n) is 2.18. The van der Waals surface area contributed by atoms with Crippen molar-refractivity contribution in [2.24, 2.45) is 16.5 Å². The topological polar surface area (TPSA) is 79.7 Å². The minimum absolute atomic E-state index is 0.236. The van der Waals surface area contributed by atoms with E-state index in [1.807, 2.05) is 6.20 Å². The molecule has 1 fully saturated rings. The normalized spacial score (nSPS) is 24.0. The van der Waals surface area contributed by atoms with Gasteiger partial charge in [0, 0.05) is 18.4 Å². The highest BCUT2D eigenvalue weighted by Gasteiger charge is 2.30. The summed E-state index contributed by atoms with van der Waals surface area (Å²) in [7, 11) is 0. The Morgan fingerprint density at radius 3 is 3.18 bits per heavy atom. The van der Waals surface area contributed by atoms with Crippen molar-refractivity contribution in [1.82, 2.24) is 10.2 Å². The van der Waals surface area contributed by atoms with Gasteiger partial charge in [-0.05, 0) is 32.7 Å². The Bertz CT molecular complexity index is 369. The molecule has 0 saturated carbocycles. The number of rotatable bonds is 3. The smallest absolute Gasteiger partial charge is 0.155 e. The van der Waals surface area contributed by atoms with Gasteiger partial charge in [0.2, 0.25) is 0 Å². The summed E-state index contributed by atoms with van der Waals surface area (Å²) in [4.78, 5) is 6.73. The molecule has 1 unspecified atom stereocenters. The molecule has 2 aliphatic rings. The van der Waals surface area contributed by atoms with Gasteiger partial charge in [-0.1, -0.05) is 6.08 Å². The molecule has 0 aromatic heterocycles. The molecule has 0 aromatic carbocycles. The summed E-state index contributed by atoms with van der Waals surface area (Å²) >= 11 is 0. The quantitative estimate of drug-likeness (QED) is 0.664. The fourth-order valence-corrected chi connectivity index (χ4v) is 2.18. The summed E-state index contributed by atoms with van der Waals surface area (Å²) in [5.41, 5.74) is 13.6. The summed E-state index contributed by atoms with van der Waals surface area (Å²) in [6.45, 7) is 3.73. The number of aliphatic imine (C=N–C) groups is 1. The first-order chi connectivity index (χ1) is 8.24. The number of nitrogens with two attached hydrogens (primary N) is 2. The van der Waals surface area contributed by atoms with Crippen molar-refractivity contribution in [2.45, 2.75) is 32.4 Å². The standard InChI is InChI=1S/C12H21N5/c1-9-16-11-10(14)5-2-3-7-15-12(11)17(9)8-4-6-13/h3,7,9,16H,2,4-6,8,13-14H2,1H3. The zero-order valence-corrected chi connectivity index (χ0v) is 10.3. The third kappa shape index (κ3) is 2.44. The lowest BCUT2D eigenvalue weighted by molar-refractivity contribution is 0.332. The molecule has 5 N–H and O–H groups in total. The molecule has 0 bridgehead atoms. The molecule has 2 rings (SSSR count). The van der Waals surface area contributed by atoms with Crippen LogP contribution in [0.4, 0.5) is 0 Å². The second-order valence-electron chi connectivity index (χ2n) is 4.43. The van der Waals surface area contributed by atoms with Gasteiger partial charge in [0.15, 0.2) is 5.84 Å². The predicted octanol–water partition coefficient (Wildman–Crippen LogP) is 0.463. The second-order valence-corrected chi connectivity index (χ2v) is 4.43.